The topological polar surface area (TPSA) is 65.1 Å². The second kappa shape index (κ2) is 4.97. The van der Waals surface area contributed by atoms with Crippen molar-refractivity contribution in [2.75, 3.05) is 0 Å². The Labute approximate surface area is 118 Å². The molecule has 0 N–H and O–H groups in total. The van der Waals surface area contributed by atoms with E-state index in [4.69, 9.17) is 4.42 Å². The van der Waals surface area contributed by atoms with Crippen LogP contribution < -0.4 is 5.76 Å². The molecule has 0 spiro atoms. The third-order valence-electron chi connectivity index (χ3n) is 3.19. The van der Waals surface area contributed by atoms with Crippen LogP contribution in [0.5, 0.6) is 0 Å². The maximum atomic E-state index is 13.8. The molecule has 0 radical (unpaired) electrons. The van der Waals surface area contributed by atoms with E-state index in [1.54, 1.807) is 19.1 Å². The molecule has 2 aromatic heterocycles. The highest BCUT2D eigenvalue weighted by atomic mass is 19.1. The van der Waals surface area contributed by atoms with Crippen LogP contribution in [0.2, 0.25) is 0 Å². The molecule has 3 rings (SSSR count). The molecule has 2 heterocycles. The maximum absolute atomic E-state index is 13.8. The molecule has 0 amide bonds. The van der Waals surface area contributed by atoms with E-state index in [0.29, 0.717) is 22.9 Å². The van der Waals surface area contributed by atoms with Gasteiger partial charge in [-0.1, -0.05) is 0 Å². The molecule has 0 fully saturated rings. The van der Waals surface area contributed by atoms with E-state index in [9.17, 15) is 14.0 Å². The van der Waals surface area contributed by atoms with E-state index in [1.807, 2.05) is 0 Å². The van der Waals surface area contributed by atoms with Gasteiger partial charge in [0.15, 0.2) is 5.58 Å². The molecule has 0 atom stereocenters. The lowest BCUT2D eigenvalue weighted by Crippen LogP contribution is -2.16. The number of hydrogen-bond donors (Lipinski definition) is 0. The lowest BCUT2D eigenvalue weighted by molar-refractivity contribution is 0.112. The Kier molecular flexibility index (Phi) is 3.13. The fourth-order valence-corrected chi connectivity index (χ4v) is 2.13. The van der Waals surface area contributed by atoms with Crippen molar-refractivity contribution in [1.82, 2.24) is 9.55 Å². The van der Waals surface area contributed by atoms with Crippen LogP contribution in [0.25, 0.3) is 11.1 Å². The average molecular weight is 286 g/mol. The zero-order valence-electron chi connectivity index (χ0n) is 11.2. The van der Waals surface area contributed by atoms with Crippen molar-refractivity contribution in [2.45, 2.75) is 13.5 Å². The Hall–Kier alpha value is -2.76. The number of oxazole rings is 1. The predicted molar refractivity (Wildman–Crippen MR) is 73.9 cm³/mol. The van der Waals surface area contributed by atoms with Gasteiger partial charge in [-0.3, -0.25) is 14.3 Å². The molecule has 0 bridgehead atoms. The molecule has 21 heavy (non-hydrogen) atoms. The minimum absolute atomic E-state index is 0.0294. The molecule has 3 aromatic rings. The smallest absolute Gasteiger partial charge is 0.408 e. The van der Waals surface area contributed by atoms with Gasteiger partial charge >= 0.3 is 5.76 Å². The van der Waals surface area contributed by atoms with Crippen LogP contribution in [0.3, 0.4) is 0 Å². The van der Waals surface area contributed by atoms with Crippen LogP contribution in [0, 0.1) is 12.7 Å². The molecule has 106 valence electrons. The summed E-state index contributed by atoms with van der Waals surface area (Å²) in [5.74, 6) is -1.09. The fourth-order valence-electron chi connectivity index (χ4n) is 2.13. The third kappa shape index (κ3) is 2.35. The Morgan fingerprint density at radius 2 is 2.19 bits per heavy atom. The van der Waals surface area contributed by atoms with E-state index >= 15 is 0 Å². The number of nitrogens with zero attached hydrogens (tertiary/aromatic N) is 2. The Morgan fingerprint density at radius 3 is 2.90 bits per heavy atom. The summed E-state index contributed by atoms with van der Waals surface area (Å²) in [5, 5.41) is 0. The van der Waals surface area contributed by atoms with Crippen molar-refractivity contribution >= 4 is 17.4 Å². The molecule has 0 aliphatic carbocycles. The van der Waals surface area contributed by atoms with Crippen molar-refractivity contribution < 1.29 is 13.6 Å². The van der Waals surface area contributed by atoms with Crippen LogP contribution >= 0.6 is 0 Å². The summed E-state index contributed by atoms with van der Waals surface area (Å²) in [4.78, 5) is 26.6. The first-order valence-corrected chi connectivity index (χ1v) is 6.28. The summed E-state index contributed by atoms with van der Waals surface area (Å²) in [6.45, 7) is 1.71. The van der Waals surface area contributed by atoms with E-state index in [2.05, 4.69) is 4.98 Å². The van der Waals surface area contributed by atoms with Gasteiger partial charge in [0.25, 0.3) is 0 Å². The number of aldehydes is 1. The lowest BCUT2D eigenvalue weighted by Gasteiger charge is -2.04. The number of carbonyl (C=O) groups is 1. The van der Waals surface area contributed by atoms with Gasteiger partial charge in [-0.15, -0.1) is 0 Å². The Morgan fingerprint density at radius 1 is 1.38 bits per heavy atom. The number of halogens is 1. The van der Waals surface area contributed by atoms with Crippen LogP contribution in [-0.4, -0.2) is 15.8 Å². The molecule has 0 aliphatic heterocycles. The molecule has 6 heteroatoms. The van der Waals surface area contributed by atoms with Gasteiger partial charge in [-0.05, 0) is 36.8 Å². The van der Waals surface area contributed by atoms with Crippen molar-refractivity contribution in [1.29, 1.82) is 0 Å². The first-order valence-electron chi connectivity index (χ1n) is 6.28. The van der Waals surface area contributed by atoms with Gasteiger partial charge in [0.05, 0.1) is 17.8 Å². The number of carbonyl (C=O) groups excluding carboxylic acids is 1. The quantitative estimate of drug-likeness (QED) is 0.693. The summed E-state index contributed by atoms with van der Waals surface area (Å²) in [6.07, 6.45) is 2.20. The molecule has 0 saturated heterocycles. The monoisotopic (exact) mass is 286 g/mol. The van der Waals surface area contributed by atoms with Crippen LogP contribution in [-0.2, 0) is 6.54 Å². The highest BCUT2D eigenvalue weighted by molar-refractivity contribution is 5.83. The average Bonchev–Trinajstić information content (AvgIpc) is 2.77. The van der Waals surface area contributed by atoms with Crippen LogP contribution in [0.15, 0.2) is 39.7 Å². The van der Waals surface area contributed by atoms with Gasteiger partial charge in [-0.2, -0.15) is 0 Å². The maximum Gasteiger partial charge on any atom is 0.420 e. The highest BCUT2D eigenvalue weighted by Crippen LogP contribution is 2.16. The summed E-state index contributed by atoms with van der Waals surface area (Å²) < 4.78 is 20.2. The number of aryl methyl sites for hydroxylation is 1. The first-order chi connectivity index (χ1) is 10.1. The molecule has 0 unspecified atom stereocenters. The Balaban J connectivity index is 2.10. The number of hydrogen-bond acceptors (Lipinski definition) is 4. The van der Waals surface area contributed by atoms with Gasteiger partial charge in [0.2, 0.25) is 0 Å². The van der Waals surface area contributed by atoms with Gasteiger partial charge < -0.3 is 4.42 Å². The van der Waals surface area contributed by atoms with Gasteiger partial charge in [0, 0.05) is 11.8 Å². The van der Waals surface area contributed by atoms with E-state index < -0.39 is 11.6 Å². The predicted octanol–water partition coefficient (Wildman–Crippen LogP) is 2.30. The standard InChI is InChI=1S/C15H11FN2O3/c1-9-4-11(16)12(17-6-9)7-18-13-3-2-10(8-19)5-14(13)21-15(18)20/h2-6,8H,7H2,1H3. The number of aromatic nitrogens is 2. The number of pyridine rings is 1. The van der Waals surface area contributed by atoms with Crippen molar-refractivity contribution in [3.8, 4) is 0 Å². The lowest BCUT2D eigenvalue weighted by atomic mass is 10.2. The van der Waals surface area contributed by atoms with Gasteiger partial charge in [0.1, 0.15) is 12.1 Å². The Bertz CT molecular complexity index is 896. The van der Waals surface area contributed by atoms with Crippen molar-refractivity contribution in [3.63, 3.8) is 0 Å². The normalized spacial score (nSPS) is 11.0. The SMILES string of the molecule is Cc1cnc(Cn2c(=O)oc3cc(C=O)ccc32)c(F)c1. The van der Waals surface area contributed by atoms with Crippen molar-refractivity contribution in [3.05, 3.63) is 63.7 Å². The molecule has 5 nitrogen and oxygen atoms in total. The number of fused-ring (bicyclic) bond motifs is 1. The van der Waals surface area contributed by atoms with Crippen LogP contribution in [0.1, 0.15) is 21.6 Å². The van der Waals surface area contributed by atoms with E-state index in [-0.39, 0.29) is 17.8 Å². The summed E-state index contributed by atoms with van der Waals surface area (Å²) >= 11 is 0. The second-order valence-electron chi connectivity index (χ2n) is 4.74. The summed E-state index contributed by atoms with van der Waals surface area (Å²) in [5.41, 5.74) is 2.05. The largest absolute Gasteiger partial charge is 0.420 e. The van der Waals surface area contributed by atoms with Gasteiger partial charge in [-0.25, -0.2) is 9.18 Å². The summed E-state index contributed by atoms with van der Waals surface area (Å²) in [6, 6.07) is 6.00. The first kappa shape index (κ1) is 13.2. The zero-order chi connectivity index (χ0) is 15.0. The fraction of sp³-hybridized carbons (Fsp3) is 0.133. The van der Waals surface area contributed by atoms with Crippen LogP contribution in [0.4, 0.5) is 4.39 Å². The second-order valence-corrected chi connectivity index (χ2v) is 4.74. The molecule has 0 saturated carbocycles. The minimum atomic E-state index is -0.616. The molecular weight excluding hydrogens is 275 g/mol. The number of rotatable bonds is 3. The van der Waals surface area contributed by atoms with Crippen molar-refractivity contribution in [2.24, 2.45) is 0 Å². The zero-order valence-corrected chi connectivity index (χ0v) is 11.2. The summed E-state index contributed by atoms with van der Waals surface area (Å²) in [7, 11) is 0. The third-order valence-corrected chi connectivity index (χ3v) is 3.19. The molecule has 1 aromatic carbocycles. The number of benzene rings is 1. The molecule has 0 aliphatic rings. The van der Waals surface area contributed by atoms with E-state index in [1.165, 1.54) is 22.9 Å². The molecular formula is C15H11FN2O3. The van der Waals surface area contributed by atoms with E-state index in [0.717, 1.165) is 0 Å². The minimum Gasteiger partial charge on any atom is -0.408 e. The highest BCUT2D eigenvalue weighted by Gasteiger charge is 2.13.